The maximum Gasteiger partial charge on any atom is 0.144 e. The molecule has 0 N–H and O–H groups in total. The highest BCUT2D eigenvalue weighted by atomic mass is 35.5. The molecule has 2 aromatic rings. The molecule has 0 saturated heterocycles. The van der Waals surface area contributed by atoms with Crippen molar-refractivity contribution >= 4 is 28.7 Å². The minimum absolute atomic E-state index is 0.118. The molecular weight excluding hydrogens is 256 g/mol. The maximum atomic E-state index is 11.8. The van der Waals surface area contributed by atoms with Gasteiger partial charge in [-0.1, -0.05) is 11.6 Å². The Morgan fingerprint density at radius 3 is 2.94 bits per heavy atom. The van der Waals surface area contributed by atoms with Gasteiger partial charge in [0.15, 0.2) is 0 Å². The summed E-state index contributed by atoms with van der Waals surface area (Å²) in [6.45, 7) is 1.92. The highest BCUT2D eigenvalue weighted by Gasteiger charge is 2.10. The fourth-order valence-corrected chi connectivity index (χ4v) is 2.46. The normalized spacial score (nSPS) is 10.5. The summed E-state index contributed by atoms with van der Waals surface area (Å²) in [4.78, 5) is 20.0. The first-order valence-electron chi connectivity index (χ1n) is 5.16. The largest absolute Gasteiger partial charge is 0.299 e. The number of thiazole rings is 1. The molecule has 0 unspecified atom stereocenters. The number of aryl methyl sites for hydroxylation is 1. The van der Waals surface area contributed by atoms with E-state index in [0.717, 1.165) is 16.3 Å². The molecule has 0 amide bonds. The van der Waals surface area contributed by atoms with Crippen LogP contribution in [0, 0.1) is 6.92 Å². The van der Waals surface area contributed by atoms with Gasteiger partial charge in [0.2, 0.25) is 0 Å². The summed E-state index contributed by atoms with van der Waals surface area (Å²) < 4.78 is 0. The van der Waals surface area contributed by atoms with Crippen LogP contribution in [0.2, 0.25) is 5.02 Å². The number of rotatable bonds is 4. The maximum absolute atomic E-state index is 11.8. The van der Waals surface area contributed by atoms with E-state index in [9.17, 15) is 4.79 Å². The van der Waals surface area contributed by atoms with Crippen LogP contribution < -0.4 is 0 Å². The van der Waals surface area contributed by atoms with E-state index in [1.807, 2.05) is 12.3 Å². The van der Waals surface area contributed by atoms with E-state index < -0.39 is 0 Å². The first-order chi connectivity index (χ1) is 8.15. The summed E-state index contributed by atoms with van der Waals surface area (Å²) in [7, 11) is 0. The van der Waals surface area contributed by atoms with Gasteiger partial charge in [0.1, 0.15) is 10.8 Å². The number of hydrogen-bond donors (Lipinski definition) is 0. The van der Waals surface area contributed by atoms with Gasteiger partial charge in [-0.2, -0.15) is 0 Å². The predicted molar refractivity (Wildman–Crippen MR) is 68.5 cm³/mol. The zero-order valence-electron chi connectivity index (χ0n) is 9.31. The summed E-state index contributed by atoms with van der Waals surface area (Å²) >= 11 is 7.46. The molecule has 0 bridgehead atoms. The second-order valence-corrected chi connectivity index (χ2v) is 5.09. The Morgan fingerprint density at radius 1 is 1.47 bits per heavy atom. The van der Waals surface area contributed by atoms with Gasteiger partial charge in [-0.3, -0.25) is 9.78 Å². The minimum atomic E-state index is 0.118. The van der Waals surface area contributed by atoms with Gasteiger partial charge in [-0.05, 0) is 18.6 Å². The Labute approximate surface area is 108 Å². The molecule has 17 heavy (non-hydrogen) atoms. The Hall–Kier alpha value is -1.26. The predicted octanol–water partition coefficient (Wildman–Crippen LogP) is 2.85. The van der Waals surface area contributed by atoms with E-state index in [1.54, 1.807) is 18.5 Å². The van der Waals surface area contributed by atoms with Gasteiger partial charge in [0.25, 0.3) is 0 Å². The smallest absolute Gasteiger partial charge is 0.144 e. The first kappa shape index (κ1) is 12.2. The van der Waals surface area contributed by atoms with E-state index in [4.69, 9.17) is 11.6 Å². The van der Waals surface area contributed by atoms with Crippen LogP contribution in [0.1, 0.15) is 16.3 Å². The van der Waals surface area contributed by atoms with Crippen LogP contribution in [0.5, 0.6) is 0 Å². The van der Waals surface area contributed by atoms with Crippen LogP contribution in [-0.4, -0.2) is 15.8 Å². The van der Waals surface area contributed by atoms with Gasteiger partial charge in [-0.25, -0.2) is 4.98 Å². The fourth-order valence-electron chi connectivity index (χ4n) is 1.47. The lowest BCUT2D eigenvalue weighted by Crippen LogP contribution is -2.07. The molecule has 0 aliphatic carbocycles. The number of aromatic nitrogens is 2. The number of nitrogens with zero attached hydrogens (tertiary/aromatic N) is 2. The number of pyridine rings is 1. The van der Waals surface area contributed by atoms with Gasteiger partial charge >= 0.3 is 0 Å². The Kier molecular flexibility index (Phi) is 3.86. The van der Waals surface area contributed by atoms with Crippen LogP contribution >= 0.6 is 22.9 Å². The first-order valence-corrected chi connectivity index (χ1v) is 6.42. The van der Waals surface area contributed by atoms with Crippen molar-refractivity contribution in [2.75, 3.05) is 0 Å². The Bertz CT molecular complexity index is 539. The Morgan fingerprint density at radius 2 is 2.29 bits per heavy atom. The second kappa shape index (κ2) is 5.38. The average molecular weight is 267 g/mol. The van der Waals surface area contributed by atoms with Gasteiger partial charge in [0.05, 0.1) is 11.4 Å². The van der Waals surface area contributed by atoms with Crippen molar-refractivity contribution in [1.29, 1.82) is 0 Å². The number of carbonyl (C=O) groups is 1. The topological polar surface area (TPSA) is 42.9 Å². The van der Waals surface area contributed by atoms with Crippen LogP contribution in [0.15, 0.2) is 23.8 Å². The van der Waals surface area contributed by atoms with Gasteiger partial charge < -0.3 is 0 Å². The fraction of sp³-hybridized carbons (Fsp3) is 0.250. The molecule has 2 heterocycles. The molecule has 0 aliphatic rings. The van der Waals surface area contributed by atoms with Crippen molar-refractivity contribution in [1.82, 2.24) is 9.97 Å². The van der Waals surface area contributed by atoms with E-state index in [-0.39, 0.29) is 5.78 Å². The number of ketones is 1. The van der Waals surface area contributed by atoms with Crippen molar-refractivity contribution in [2.24, 2.45) is 0 Å². The summed E-state index contributed by atoms with van der Waals surface area (Å²) in [5.41, 5.74) is 1.78. The van der Waals surface area contributed by atoms with Crippen LogP contribution in [0.3, 0.4) is 0 Å². The highest BCUT2D eigenvalue weighted by molar-refractivity contribution is 7.09. The molecule has 0 saturated carbocycles. The molecule has 0 spiro atoms. The molecule has 0 fully saturated rings. The highest BCUT2D eigenvalue weighted by Crippen LogP contribution is 2.16. The lowest BCUT2D eigenvalue weighted by atomic mass is 10.1. The summed E-state index contributed by atoms with van der Waals surface area (Å²) in [6, 6.07) is 1.77. The van der Waals surface area contributed by atoms with E-state index in [1.165, 1.54) is 11.3 Å². The van der Waals surface area contributed by atoms with Gasteiger partial charge in [0, 0.05) is 29.9 Å². The van der Waals surface area contributed by atoms with Crippen molar-refractivity contribution in [3.63, 3.8) is 0 Å². The zero-order chi connectivity index (χ0) is 12.3. The summed E-state index contributed by atoms with van der Waals surface area (Å²) in [5.74, 6) is 0.118. The lowest BCUT2D eigenvalue weighted by molar-refractivity contribution is -0.117. The van der Waals surface area contributed by atoms with Crippen LogP contribution in [0.25, 0.3) is 0 Å². The Balaban J connectivity index is 2.01. The van der Waals surface area contributed by atoms with Crippen molar-refractivity contribution in [2.45, 2.75) is 19.8 Å². The average Bonchev–Trinajstić information content (AvgIpc) is 2.67. The molecule has 0 atom stereocenters. The van der Waals surface area contributed by atoms with E-state index >= 15 is 0 Å². The third-order valence-electron chi connectivity index (χ3n) is 2.26. The summed E-state index contributed by atoms with van der Waals surface area (Å²) in [6.07, 6.45) is 3.90. The van der Waals surface area contributed by atoms with Crippen molar-refractivity contribution in [3.8, 4) is 0 Å². The number of halogens is 1. The minimum Gasteiger partial charge on any atom is -0.299 e. The summed E-state index contributed by atoms with van der Waals surface area (Å²) in [5, 5.41) is 3.34. The SMILES string of the molecule is Cc1csc(CC(=O)Cc2ccncc2Cl)n1. The number of carbonyl (C=O) groups excluding carboxylic acids is 1. The van der Waals surface area contributed by atoms with E-state index in [0.29, 0.717) is 17.9 Å². The molecular formula is C12H11ClN2OS. The van der Waals surface area contributed by atoms with Crippen molar-refractivity contribution in [3.05, 3.63) is 45.1 Å². The molecule has 2 rings (SSSR count). The van der Waals surface area contributed by atoms with Crippen LogP contribution in [-0.2, 0) is 17.6 Å². The number of Topliss-reactive ketones (excluding diaryl/α,β-unsaturated/α-hetero) is 1. The number of hydrogen-bond acceptors (Lipinski definition) is 4. The molecule has 0 aliphatic heterocycles. The standard InChI is InChI=1S/C12H11ClN2OS/c1-8-7-17-12(15-8)5-10(16)4-9-2-3-14-6-11(9)13/h2-3,6-7H,4-5H2,1H3. The lowest BCUT2D eigenvalue weighted by Gasteiger charge is -2.01. The van der Waals surface area contributed by atoms with E-state index in [2.05, 4.69) is 9.97 Å². The van der Waals surface area contributed by atoms with Gasteiger partial charge in [-0.15, -0.1) is 11.3 Å². The molecule has 0 aromatic carbocycles. The second-order valence-electron chi connectivity index (χ2n) is 3.74. The molecule has 3 nitrogen and oxygen atoms in total. The quantitative estimate of drug-likeness (QED) is 0.855. The monoisotopic (exact) mass is 266 g/mol. The van der Waals surface area contributed by atoms with Crippen molar-refractivity contribution < 1.29 is 4.79 Å². The third-order valence-corrected chi connectivity index (χ3v) is 3.57. The molecule has 0 radical (unpaired) electrons. The molecule has 5 heteroatoms. The third kappa shape index (κ3) is 3.35. The molecule has 2 aromatic heterocycles. The van der Waals surface area contributed by atoms with Crippen LogP contribution in [0.4, 0.5) is 0 Å². The zero-order valence-corrected chi connectivity index (χ0v) is 10.9. The molecule has 88 valence electrons.